The number of nitrogen functional groups attached to an aromatic ring is 1. The molecule has 0 bridgehead atoms. The normalized spacial score (nSPS) is 14.3. The van der Waals surface area contributed by atoms with E-state index in [4.69, 9.17) is 15.2 Å². The first-order valence-corrected chi connectivity index (χ1v) is 9.78. The number of nitrogens with zero attached hydrogens (tertiary/aromatic N) is 4. The fourth-order valence-corrected chi connectivity index (χ4v) is 2.73. The van der Waals surface area contributed by atoms with Crippen LogP contribution in [0, 0.1) is 0 Å². The molecule has 0 spiro atoms. The Balaban J connectivity index is 0.000000284. The zero-order chi connectivity index (χ0) is 19.2. The minimum atomic E-state index is 0.170. The van der Waals surface area contributed by atoms with Crippen LogP contribution in [-0.2, 0) is 11.8 Å². The van der Waals surface area contributed by atoms with Crippen LogP contribution in [0.3, 0.4) is 0 Å². The van der Waals surface area contributed by atoms with Gasteiger partial charge in [0.25, 0.3) is 0 Å². The highest BCUT2D eigenvalue weighted by molar-refractivity contribution is 5.77. The van der Waals surface area contributed by atoms with Gasteiger partial charge in [-0.15, -0.1) is 0 Å². The van der Waals surface area contributed by atoms with Gasteiger partial charge in [0.1, 0.15) is 6.61 Å². The van der Waals surface area contributed by atoms with Gasteiger partial charge in [0.2, 0.25) is 11.8 Å². The van der Waals surface area contributed by atoms with Crippen LogP contribution in [0.15, 0.2) is 6.33 Å². The number of imidazole rings is 1. The zero-order valence-corrected chi connectivity index (χ0v) is 16.8. The number of rotatable bonds is 4. The Bertz CT molecular complexity index is 591. The van der Waals surface area contributed by atoms with Gasteiger partial charge >= 0.3 is 0 Å². The number of fused-ring (bicyclic) bond motifs is 1. The Kier molecular flexibility index (Phi) is 11.4. The van der Waals surface area contributed by atoms with Gasteiger partial charge in [0, 0.05) is 14.2 Å². The Morgan fingerprint density at radius 1 is 0.962 bits per heavy atom. The van der Waals surface area contributed by atoms with Gasteiger partial charge in [0.15, 0.2) is 11.2 Å². The molecule has 0 radical (unpaired) electrons. The summed E-state index contributed by atoms with van der Waals surface area (Å²) in [5, 5.41) is 0. The van der Waals surface area contributed by atoms with Gasteiger partial charge in [-0.1, -0.05) is 65.2 Å². The van der Waals surface area contributed by atoms with Gasteiger partial charge in [-0.25, -0.2) is 4.98 Å². The zero-order valence-electron chi connectivity index (χ0n) is 16.8. The molecule has 1 saturated carbocycles. The summed E-state index contributed by atoms with van der Waals surface area (Å²) in [6, 6.07) is 0. The van der Waals surface area contributed by atoms with E-state index < -0.39 is 0 Å². The van der Waals surface area contributed by atoms with Crippen LogP contribution in [0.2, 0.25) is 0 Å². The lowest BCUT2D eigenvalue weighted by Gasteiger charge is -2.05. The van der Waals surface area contributed by atoms with E-state index in [1.54, 1.807) is 18.0 Å². The lowest BCUT2D eigenvalue weighted by atomic mass is 10.0. The van der Waals surface area contributed by atoms with Crippen molar-refractivity contribution >= 4 is 17.1 Å². The third-order valence-corrected chi connectivity index (χ3v) is 4.07. The molecule has 1 fully saturated rings. The van der Waals surface area contributed by atoms with E-state index in [1.165, 1.54) is 51.4 Å². The van der Waals surface area contributed by atoms with Crippen LogP contribution in [0.25, 0.3) is 11.2 Å². The molecule has 0 unspecified atom stereocenters. The third-order valence-electron chi connectivity index (χ3n) is 4.07. The average Bonchev–Trinajstić information content (AvgIpc) is 2.98. The minimum absolute atomic E-state index is 0.170. The van der Waals surface area contributed by atoms with Crippen LogP contribution < -0.4 is 10.5 Å². The molecule has 0 aliphatic heterocycles. The third kappa shape index (κ3) is 7.56. The molecule has 2 heterocycles. The molecule has 7 heteroatoms. The number of aryl methyl sites for hydroxylation is 1. The number of hydrogen-bond donors (Lipinski definition) is 1. The molecule has 1 aliphatic carbocycles. The van der Waals surface area contributed by atoms with Crippen LogP contribution in [-0.4, -0.2) is 39.8 Å². The quantitative estimate of drug-likeness (QED) is 0.820. The van der Waals surface area contributed by atoms with E-state index in [9.17, 15) is 0 Å². The lowest BCUT2D eigenvalue weighted by molar-refractivity contribution is 0.144. The highest BCUT2D eigenvalue weighted by atomic mass is 16.5. The Hall–Kier alpha value is -1.89. The highest BCUT2D eigenvalue weighted by Gasteiger charge is 2.11. The summed E-state index contributed by atoms with van der Waals surface area (Å²) in [7, 11) is 3.44. The Morgan fingerprint density at radius 3 is 2.00 bits per heavy atom. The standard InChI is InChI=1S/C9H13N5O2.C8H16.C2H6/c1-14-5-11-6-7(14)12-9(10)13-8(6)16-4-3-15-2;1-2-4-6-8-7-5-3-1;1-2/h5H,3-4H2,1-2H3,(H2,10,12,13);1-8H2;1-2H3. The van der Waals surface area contributed by atoms with E-state index >= 15 is 0 Å². The molecule has 2 aromatic rings. The molecule has 0 amide bonds. The van der Waals surface area contributed by atoms with Crippen molar-refractivity contribution < 1.29 is 9.47 Å². The molecule has 3 rings (SSSR count). The van der Waals surface area contributed by atoms with Gasteiger partial charge in [0.05, 0.1) is 12.9 Å². The fraction of sp³-hybridized carbons (Fsp3) is 0.737. The summed E-state index contributed by atoms with van der Waals surface area (Å²) < 4.78 is 12.1. The van der Waals surface area contributed by atoms with Gasteiger partial charge in [-0.05, 0) is 0 Å². The van der Waals surface area contributed by atoms with E-state index in [-0.39, 0.29) is 5.95 Å². The van der Waals surface area contributed by atoms with Gasteiger partial charge in [-0.3, -0.25) is 0 Å². The summed E-state index contributed by atoms with van der Waals surface area (Å²) >= 11 is 0. The van der Waals surface area contributed by atoms with E-state index in [0.29, 0.717) is 30.3 Å². The number of anilines is 1. The summed E-state index contributed by atoms with van der Waals surface area (Å²) in [5.74, 6) is 0.559. The second kappa shape index (κ2) is 13.3. The number of aromatic nitrogens is 4. The van der Waals surface area contributed by atoms with E-state index in [0.717, 1.165) is 0 Å². The molecule has 0 atom stereocenters. The first kappa shape index (κ1) is 22.2. The molecule has 0 saturated heterocycles. The predicted octanol–water partition coefficient (Wildman–Crippen LogP) is 4.12. The molecule has 7 nitrogen and oxygen atoms in total. The summed E-state index contributed by atoms with van der Waals surface area (Å²) in [5.41, 5.74) is 6.84. The van der Waals surface area contributed by atoms with Gasteiger partial charge in [-0.2, -0.15) is 9.97 Å². The lowest BCUT2D eigenvalue weighted by Crippen LogP contribution is -2.07. The maximum Gasteiger partial charge on any atom is 0.247 e. The van der Waals surface area contributed by atoms with Crippen molar-refractivity contribution in [3.05, 3.63) is 6.33 Å². The largest absolute Gasteiger partial charge is 0.474 e. The number of ether oxygens (including phenoxy) is 2. The van der Waals surface area contributed by atoms with Crippen molar-refractivity contribution in [1.29, 1.82) is 0 Å². The van der Waals surface area contributed by atoms with Crippen molar-refractivity contribution in [2.24, 2.45) is 7.05 Å². The van der Waals surface area contributed by atoms with Crippen molar-refractivity contribution in [2.75, 3.05) is 26.1 Å². The molecule has 2 aromatic heterocycles. The predicted molar refractivity (Wildman–Crippen MR) is 106 cm³/mol. The second-order valence-electron chi connectivity index (χ2n) is 6.08. The Morgan fingerprint density at radius 2 is 1.50 bits per heavy atom. The topological polar surface area (TPSA) is 88.1 Å². The highest BCUT2D eigenvalue weighted by Crippen LogP contribution is 2.20. The maximum atomic E-state index is 5.58. The summed E-state index contributed by atoms with van der Waals surface area (Å²) in [6.07, 6.45) is 13.6. The van der Waals surface area contributed by atoms with E-state index in [2.05, 4.69) is 15.0 Å². The van der Waals surface area contributed by atoms with Crippen LogP contribution in [0.5, 0.6) is 5.88 Å². The van der Waals surface area contributed by atoms with E-state index in [1.807, 2.05) is 20.9 Å². The smallest absolute Gasteiger partial charge is 0.247 e. The molecule has 2 N–H and O–H groups in total. The molecule has 26 heavy (non-hydrogen) atoms. The molecule has 148 valence electrons. The van der Waals surface area contributed by atoms with Crippen molar-refractivity contribution in [1.82, 2.24) is 19.5 Å². The summed E-state index contributed by atoms with van der Waals surface area (Å²) in [6.45, 7) is 4.89. The first-order chi connectivity index (χ1) is 12.7. The monoisotopic (exact) mass is 365 g/mol. The second-order valence-corrected chi connectivity index (χ2v) is 6.08. The van der Waals surface area contributed by atoms with Crippen molar-refractivity contribution in [2.45, 2.75) is 65.2 Å². The van der Waals surface area contributed by atoms with Crippen LogP contribution >= 0.6 is 0 Å². The maximum absolute atomic E-state index is 5.58. The molecular formula is C19H35N5O2. The van der Waals surface area contributed by atoms with Crippen LogP contribution in [0.1, 0.15) is 65.2 Å². The average molecular weight is 366 g/mol. The molecule has 0 aromatic carbocycles. The van der Waals surface area contributed by atoms with Crippen molar-refractivity contribution in [3.63, 3.8) is 0 Å². The molecule has 1 aliphatic rings. The minimum Gasteiger partial charge on any atom is -0.474 e. The van der Waals surface area contributed by atoms with Gasteiger partial charge < -0.3 is 19.8 Å². The number of methoxy groups -OCH3 is 1. The number of nitrogens with two attached hydrogens (primary N) is 1. The SMILES string of the molecule is C1CCCCCCC1.CC.COCCOc1nc(N)nc2c1ncn2C. The first-order valence-electron chi connectivity index (χ1n) is 9.78. The fourth-order valence-electron chi connectivity index (χ4n) is 2.73. The van der Waals surface area contributed by atoms with Crippen molar-refractivity contribution in [3.8, 4) is 5.88 Å². The summed E-state index contributed by atoms with van der Waals surface area (Å²) in [4.78, 5) is 12.2. The molecular weight excluding hydrogens is 330 g/mol. The number of hydrogen-bond acceptors (Lipinski definition) is 6. The Labute approximate surface area is 157 Å². The van der Waals surface area contributed by atoms with Crippen LogP contribution in [0.4, 0.5) is 5.95 Å².